The fourth-order valence-electron chi connectivity index (χ4n) is 4.77. The number of nitrogens with one attached hydrogen (secondary N) is 3. The predicted octanol–water partition coefficient (Wildman–Crippen LogP) is 5.24. The molecular weight excluding hydrogens is 504 g/mol. The maximum absolute atomic E-state index is 13.1. The Labute approximate surface area is 232 Å². The van der Waals surface area contributed by atoms with Crippen molar-refractivity contribution in [2.24, 2.45) is 0 Å². The number of anilines is 2. The summed E-state index contributed by atoms with van der Waals surface area (Å²) in [5.41, 5.74) is 3.32. The van der Waals surface area contributed by atoms with E-state index in [1.165, 1.54) is 0 Å². The fraction of sp³-hybridized carbons (Fsp3) is 0.290. The molecule has 0 aliphatic carbocycles. The Morgan fingerprint density at radius 1 is 1.05 bits per heavy atom. The predicted molar refractivity (Wildman–Crippen MR) is 156 cm³/mol. The van der Waals surface area contributed by atoms with Crippen LogP contribution in [-0.4, -0.2) is 47.2 Å². The van der Waals surface area contributed by atoms with Gasteiger partial charge in [-0.15, -0.1) is 0 Å². The zero-order valence-electron chi connectivity index (χ0n) is 22.9. The van der Waals surface area contributed by atoms with E-state index in [1.807, 2.05) is 69.4 Å². The summed E-state index contributed by atoms with van der Waals surface area (Å²) in [5, 5.41) is 16.9. The molecule has 0 radical (unpaired) electrons. The summed E-state index contributed by atoms with van der Waals surface area (Å²) in [6, 6.07) is 18.8. The number of rotatable bonds is 5. The zero-order valence-corrected chi connectivity index (χ0v) is 22.9. The number of hydrogen-bond donors (Lipinski definition) is 3. The minimum atomic E-state index is -0.547. The van der Waals surface area contributed by atoms with Crippen LogP contribution in [0.2, 0.25) is 0 Å². The van der Waals surface area contributed by atoms with Crippen LogP contribution >= 0.6 is 0 Å². The molecular formula is C31H32N6O3. The highest BCUT2D eigenvalue weighted by Gasteiger charge is 2.20. The fourth-order valence-corrected chi connectivity index (χ4v) is 4.77. The maximum atomic E-state index is 13.1. The van der Waals surface area contributed by atoms with Gasteiger partial charge >= 0.3 is 6.03 Å². The first-order valence-electron chi connectivity index (χ1n) is 13.3. The zero-order chi connectivity index (χ0) is 28.3. The molecule has 40 heavy (non-hydrogen) atoms. The molecule has 9 heteroatoms. The Hall–Kier alpha value is -4.52. The monoisotopic (exact) mass is 536 g/mol. The lowest BCUT2D eigenvalue weighted by molar-refractivity contribution is 0.0336. The number of aromatic nitrogens is 2. The van der Waals surface area contributed by atoms with Crippen LogP contribution in [0, 0.1) is 11.3 Å². The Morgan fingerprint density at radius 2 is 1.77 bits per heavy atom. The summed E-state index contributed by atoms with van der Waals surface area (Å²) in [5.74, 6) is 0. The lowest BCUT2D eigenvalue weighted by Gasteiger charge is -2.26. The summed E-state index contributed by atoms with van der Waals surface area (Å²) < 4.78 is 5.43. The number of nitrogens with zero attached hydrogens (tertiary/aromatic N) is 3. The van der Waals surface area contributed by atoms with Crippen molar-refractivity contribution in [3.63, 3.8) is 0 Å². The first-order valence-corrected chi connectivity index (χ1v) is 13.3. The number of carbonyl (C=O) groups excluding carboxylic acids is 1. The quantitative estimate of drug-likeness (QED) is 0.321. The summed E-state index contributed by atoms with van der Waals surface area (Å²) >= 11 is 0. The molecule has 0 spiro atoms. The number of hydrogen-bond acceptors (Lipinski definition) is 6. The Bertz CT molecular complexity index is 1640. The second-order valence-corrected chi connectivity index (χ2v) is 10.9. The lowest BCUT2D eigenvalue weighted by Crippen LogP contribution is -2.35. The molecule has 0 bridgehead atoms. The molecule has 9 nitrogen and oxygen atoms in total. The number of benzene rings is 2. The molecule has 3 N–H and O–H groups in total. The van der Waals surface area contributed by atoms with Gasteiger partial charge in [0.2, 0.25) is 0 Å². The van der Waals surface area contributed by atoms with Crippen molar-refractivity contribution in [1.82, 2.24) is 14.9 Å². The number of morpholine rings is 1. The second-order valence-electron chi connectivity index (χ2n) is 10.9. The van der Waals surface area contributed by atoms with Gasteiger partial charge < -0.3 is 20.4 Å². The number of H-pyrrole nitrogens is 1. The third-order valence-electron chi connectivity index (χ3n) is 7.00. The highest BCUT2D eigenvalue weighted by molar-refractivity contribution is 6.10. The van der Waals surface area contributed by atoms with E-state index >= 15 is 0 Å². The Morgan fingerprint density at radius 3 is 2.45 bits per heavy atom. The van der Waals surface area contributed by atoms with Crippen molar-refractivity contribution in [1.29, 1.82) is 5.26 Å². The SMILES string of the molecule is CC(C)(C)c1cc(NC(=O)Nc2ccc(-c3ccc(CN4CCOCC4)nc3)c3ccccc23)c(C#N)c(=O)[nH]1. The number of amides is 2. The van der Waals surface area contributed by atoms with E-state index in [0.717, 1.165) is 60.4 Å². The van der Waals surface area contributed by atoms with Gasteiger partial charge in [0, 0.05) is 47.9 Å². The molecule has 1 saturated heterocycles. The molecule has 0 saturated carbocycles. The molecule has 4 aromatic rings. The Kier molecular flexibility index (Phi) is 7.65. The van der Waals surface area contributed by atoms with E-state index in [-0.39, 0.29) is 16.7 Å². The molecule has 2 aromatic heterocycles. The molecule has 5 rings (SSSR count). The molecule has 204 valence electrons. The standard InChI is InChI=1S/C31H32N6O3/c1-31(2,3)28-16-27(25(17-32)29(38)36-28)35-30(39)34-26-11-10-22(23-6-4-5-7-24(23)26)20-8-9-21(33-18-20)19-37-12-14-40-15-13-37/h4-11,16,18H,12-15,19H2,1-3H3,(H3,34,35,36,38,39). The number of carbonyl (C=O) groups is 1. The first-order chi connectivity index (χ1) is 19.2. The van der Waals surface area contributed by atoms with Gasteiger partial charge in [-0.2, -0.15) is 5.26 Å². The van der Waals surface area contributed by atoms with Crippen molar-refractivity contribution in [3.8, 4) is 17.2 Å². The van der Waals surface area contributed by atoms with Crippen LogP contribution in [0.4, 0.5) is 16.2 Å². The van der Waals surface area contributed by atoms with Crippen molar-refractivity contribution in [3.05, 3.63) is 88.1 Å². The molecule has 0 atom stereocenters. The number of pyridine rings is 2. The summed E-state index contributed by atoms with van der Waals surface area (Å²) in [4.78, 5) is 35.3. The van der Waals surface area contributed by atoms with Crippen LogP contribution in [0.25, 0.3) is 21.9 Å². The number of fused-ring (bicyclic) bond motifs is 1. The van der Waals surface area contributed by atoms with E-state index in [4.69, 9.17) is 9.72 Å². The van der Waals surface area contributed by atoms with Gasteiger partial charge in [-0.1, -0.05) is 57.2 Å². The molecule has 0 unspecified atom stereocenters. The Balaban J connectivity index is 1.39. The van der Waals surface area contributed by atoms with Crippen LogP contribution in [0.1, 0.15) is 37.7 Å². The van der Waals surface area contributed by atoms with Crippen LogP contribution in [0.5, 0.6) is 0 Å². The van der Waals surface area contributed by atoms with Crippen molar-refractivity contribution >= 4 is 28.2 Å². The summed E-state index contributed by atoms with van der Waals surface area (Å²) in [7, 11) is 0. The van der Waals surface area contributed by atoms with E-state index in [9.17, 15) is 14.9 Å². The smallest absolute Gasteiger partial charge is 0.323 e. The summed E-state index contributed by atoms with van der Waals surface area (Å²) in [6.45, 7) is 9.94. The van der Waals surface area contributed by atoms with E-state index in [0.29, 0.717) is 11.4 Å². The van der Waals surface area contributed by atoms with E-state index < -0.39 is 11.6 Å². The van der Waals surface area contributed by atoms with Crippen LogP contribution in [0.15, 0.2) is 65.6 Å². The van der Waals surface area contributed by atoms with Crippen LogP contribution in [-0.2, 0) is 16.7 Å². The van der Waals surface area contributed by atoms with Crippen molar-refractivity contribution in [2.75, 3.05) is 36.9 Å². The van der Waals surface area contributed by atoms with Crippen molar-refractivity contribution in [2.45, 2.75) is 32.7 Å². The minimum Gasteiger partial charge on any atom is -0.379 e. The van der Waals surface area contributed by atoms with Gasteiger partial charge in [0.05, 0.1) is 30.3 Å². The third kappa shape index (κ3) is 5.88. The second kappa shape index (κ2) is 11.3. The summed E-state index contributed by atoms with van der Waals surface area (Å²) in [6.07, 6.45) is 1.89. The highest BCUT2D eigenvalue weighted by Crippen LogP contribution is 2.33. The minimum absolute atomic E-state index is 0.145. The molecule has 3 heterocycles. The van der Waals surface area contributed by atoms with Gasteiger partial charge in [0.15, 0.2) is 0 Å². The molecule has 2 aromatic carbocycles. The highest BCUT2D eigenvalue weighted by atomic mass is 16.5. The number of nitriles is 1. The van der Waals surface area contributed by atoms with Gasteiger partial charge in [-0.25, -0.2) is 4.79 Å². The van der Waals surface area contributed by atoms with Gasteiger partial charge in [0.25, 0.3) is 5.56 Å². The molecule has 1 fully saturated rings. The molecule has 1 aliphatic heterocycles. The molecule has 2 amide bonds. The number of ether oxygens (including phenoxy) is 1. The van der Waals surface area contributed by atoms with Crippen LogP contribution < -0.4 is 16.2 Å². The average Bonchev–Trinajstić information content (AvgIpc) is 2.94. The number of urea groups is 1. The third-order valence-corrected chi connectivity index (χ3v) is 7.00. The average molecular weight is 537 g/mol. The van der Waals surface area contributed by atoms with E-state index in [1.54, 1.807) is 6.07 Å². The normalized spacial score (nSPS) is 14.1. The maximum Gasteiger partial charge on any atom is 0.323 e. The van der Waals surface area contributed by atoms with Gasteiger partial charge in [0.1, 0.15) is 11.6 Å². The van der Waals surface area contributed by atoms with Crippen molar-refractivity contribution < 1.29 is 9.53 Å². The van der Waals surface area contributed by atoms with E-state index in [2.05, 4.69) is 32.7 Å². The van der Waals surface area contributed by atoms with Crippen LogP contribution in [0.3, 0.4) is 0 Å². The topological polar surface area (TPSA) is 123 Å². The van der Waals surface area contributed by atoms with Gasteiger partial charge in [-0.3, -0.25) is 14.7 Å². The van der Waals surface area contributed by atoms with Gasteiger partial charge in [-0.05, 0) is 29.1 Å². The first kappa shape index (κ1) is 27.1. The molecule has 1 aliphatic rings. The number of aromatic amines is 1. The lowest BCUT2D eigenvalue weighted by atomic mass is 9.91. The largest absolute Gasteiger partial charge is 0.379 e.